The molecule has 4 rings (SSSR count). The number of fused-ring (bicyclic) bond motifs is 1. The first-order valence-electron chi connectivity index (χ1n) is 9.09. The van der Waals surface area contributed by atoms with Crippen LogP contribution in [0, 0.1) is 32.1 Å². The Morgan fingerprint density at radius 3 is 2.76 bits per heavy atom. The molecule has 0 radical (unpaired) electrons. The standard InChI is InChI=1S/C22H18N4O2S/c1-13-7-16(10-23)9-17(8-13)19-21(27)25-6-4-5-14(2)20(25)26(22(19)28)12-18-11-24-15(3)29-18/h4-9,11H,12H2,1-3H3/p+1. The largest absolute Gasteiger partial charge is 0.477 e. The molecule has 0 amide bonds. The van der Waals surface area contributed by atoms with E-state index in [2.05, 4.69) is 11.1 Å². The second-order valence-corrected chi connectivity index (χ2v) is 8.34. The number of pyridine rings is 1. The number of aromatic nitrogens is 3. The van der Waals surface area contributed by atoms with Crippen molar-refractivity contribution in [1.29, 1.82) is 5.26 Å². The lowest BCUT2D eigenvalue weighted by Crippen LogP contribution is -2.41. The van der Waals surface area contributed by atoms with Gasteiger partial charge in [0, 0.05) is 11.8 Å². The zero-order valence-corrected chi connectivity index (χ0v) is 17.1. The van der Waals surface area contributed by atoms with Gasteiger partial charge in [-0.2, -0.15) is 14.2 Å². The third-order valence-electron chi connectivity index (χ3n) is 4.81. The Hall–Kier alpha value is -3.50. The van der Waals surface area contributed by atoms with Crippen LogP contribution >= 0.6 is 11.3 Å². The lowest BCUT2D eigenvalue weighted by atomic mass is 10.0. The van der Waals surface area contributed by atoms with Crippen molar-refractivity contribution < 1.29 is 9.67 Å². The summed E-state index contributed by atoms with van der Waals surface area (Å²) in [5.74, 6) is -0.121. The molecule has 0 aliphatic carbocycles. The molecule has 0 atom stereocenters. The van der Waals surface area contributed by atoms with Crippen LogP contribution in [-0.2, 0) is 6.54 Å². The van der Waals surface area contributed by atoms with Crippen LogP contribution < -0.4 is 10.1 Å². The van der Waals surface area contributed by atoms with Crippen molar-refractivity contribution in [2.45, 2.75) is 27.3 Å². The summed E-state index contributed by atoms with van der Waals surface area (Å²) in [5, 5.41) is 21.5. The van der Waals surface area contributed by atoms with Crippen LogP contribution in [0.4, 0.5) is 0 Å². The van der Waals surface area contributed by atoms with Gasteiger partial charge in [0.1, 0.15) is 6.54 Å². The van der Waals surface area contributed by atoms with E-state index < -0.39 is 0 Å². The quantitative estimate of drug-likeness (QED) is 0.532. The molecule has 0 bridgehead atoms. The Balaban J connectivity index is 2.08. The number of aromatic hydroxyl groups is 1. The molecular formula is C22H19N4O2S+. The monoisotopic (exact) mass is 403 g/mol. The van der Waals surface area contributed by atoms with Crippen LogP contribution in [0.5, 0.6) is 5.88 Å². The predicted octanol–water partition coefficient (Wildman–Crippen LogP) is 3.26. The molecule has 0 aliphatic heterocycles. The molecule has 1 aromatic carbocycles. The van der Waals surface area contributed by atoms with Gasteiger partial charge in [0.25, 0.3) is 11.5 Å². The summed E-state index contributed by atoms with van der Waals surface area (Å²) < 4.78 is 3.28. The minimum atomic E-state index is -0.326. The molecule has 1 N–H and O–H groups in total. The van der Waals surface area contributed by atoms with E-state index in [9.17, 15) is 15.2 Å². The Kier molecular flexibility index (Phi) is 4.65. The summed E-state index contributed by atoms with van der Waals surface area (Å²) >= 11 is 1.55. The molecule has 3 aromatic heterocycles. The van der Waals surface area contributed by atoms with Crippen molar-refractivity contribution in [3.8, 4) is 23.1 Å². The zero-order chi connectivity index (χ0) is 20.7. The molecule has 0 aliphatic rings. The van der Waals surface area contributed by atoms with Gasteiger partial charge >= 0.3 is 5.56 Å². The highest BCUT2D eigenvalue weighted by molar-refractivity contribution is 7.11. The number of nitriles is 1. The topological polar surface area (TPSA) is 82.3 Å². The second kappa shape index (κ2) is 7.15. The molecule has 0 spiro atoms. The maximum atomic E-state index is 13.3. The fourth-order valence-corrected chi connectivity index (χ4v) is 4.38. The summed E-state index contributed by atoms with van der Waals surface area (Å²) in [5.41, 5.74) is 3.15. The number of rotatable bonds is 3. The minimum absolute atomic E-state index is 0.121. The van der Waals surface area contributed by atoms with Crippen LogP contribution in [0.2, 0.25) is 0 Å². The van der Waals surface area contributed by atoms with E-state index in [4.69, 9.17) is 0 Å². The highest BCUT2D eigenvalue weighted by atomic mass is 32.1. The summed E-state index contributed by atoms with van der Waals surface area (Å²) in [7, 11) is 0. The van der Waals surface area contributed by atoms with Gasteiger partial charge < -0.3 is 5.11 Å². The summed E-state index contributed by atoms with van der Waals surface area (Å²) in [4.78, 5) is 18.6. The molecule has 4 aromatic rings. The number of benzene rings is 1. The molecular weight excluding hydrogens is 384 g/mol. The molecule has 0 fully saturated rings. The average Bonchev–Trinajstić information content (AvgIpc) is 3.10. The number of aryl methyl sites for hydroxylation is 3. The van der Waals surface area contributed by atoms with Crippen molar-refractivity contribution >= 4 is 17.0 Å². The van der Waals surface area contributed by atoms with Crippen molar-refractivity contribution in [2.75, 3.05) is 0 Å². The Labute approximate surface area is 171 Å². The zero-order valence-electron chi connectivity index (χ0n) is 16.3. The van der Waals surface area contributed by atoms with E-state index in [-0.39, 0.29) is 17.0 Å². The normalized spacial score (nSPS) is 11.0. The van der Waals surface area contributed by atoms with Crippen molar-refractivity contribution in [3.05, 3.63) is 79.7 Å². The molecule has 29 heavy (non-hydrogen) atoms. The molecule has 0 unspecified atom stereocenters. The van der Waals surface area contributed by atoms with E-state index in [1.165, 1.54) is 0 Å². The summed E-state index contributed by atoms with van der Waals surface area (Å²) in [6.07, 6.45) is 3.48. The maximum absolute atomic E-state index is 13.3. The number of thiazole rings is 1. The van der Waals surface area contributed by atoms with E-state index >= 15 is 0 Å². The van der Waals surface area contributed by atoms with Gasteiger partial charge in [0.2, 0.25) is 0 Å². The van der Waals surface area contributed by atoms with Crippen LogP contribution in [0.25, 0.3) is 16.8 Å². The number of hydrogen-bond donors (Lipinski definition) is 1. The van der Waals surface area contributed by atoms with Crippen LogP contribution in [-0.4, -0.2) is 14.5 Å². The Morgan fingerprint density at radius 2 is 2.07 bits per heavy atom. The van der Waals surface area contributed by atoms with Gasteiger partial charge in [-0.3, -0.25) is 0 Å². The van der Waals surface area contributed by atoms with Gasteiger partial charge in [0.05, 0.1) is 27.7 Å². The first-order valence-corrected chi connectivity index (χ1v) is 9.91. The molecule has 6 nitrogen and oxygen atoms in total. The third-order valence-corrected chi connectivity index (χ3v) is 5.71. The summed E-state index contributed by atoms with van der Waals surface area (Å²) in [6.45, 7) is 6.08. The predicted molar refractivity (Wildman–Crippen MR) is 111 cm³/mol. The molecule has 0 saturated carbocycles. The Morgan fingerprint density at radius 1 is 1.28 bits per heavy atom. The number of nitrogens with zero attached hydrogens (tertiary/aromatic N) is 4. The van der Waals surface area contributed by atoms with Gasteiger partial charge in [-0.1, -0.05) is 6.07 Å². The first kappa shape index (κ1) is 18.8. The average molecular weight is 403 g/mol. The smallest absolute Gasteiger partial charge is 0.354 e. The highest BCUT2D eigenvalue weighted by Gasteiger charge is 2.27. The fraction of sp³-hybridized carbons (Fsp3) is 0.182. The van der Waals surface area contributed by atoms with Crippen molar-refractivity contribution in [1.82, 2.24) is 9.38 Å². The lowest BCUT2D eigenvalue weighted by molar-refractivity contribution is -0.671. The van der Waals surface area contributed by atoms with Gasteiger partial charge in [0.15, 0.2) is 5.56 Å². The third kappa shape index (κ3) is 3.28. The maximum Gasteiger partial charge on any atom is 0.354 e. The number of hydrogen-bond acceptors (Lipinski definition) is 5. The van der Waals surface area contributed by atoms with Crippen molar-refractivity contribution in [3.63, 3.8) is 0 Å². The van der Waals surface area contributed by atoms with Crippen molar-refractivity contribution in [2.24, 2.45) is 0 Å². The molecule has 144 valence electrons. The van der Waals surface area contributed by atoms with Gasteiger partial charge in [-0.15, -0.1) is 11.3 Å². The lowest BCUT2D eigenvalue weighted by Gasteiger charge is -2.11. The summed E-state index contributed by atoms with van der Waals surface area (Å²) in [6, 6.07) is 11.0. The van der Waals surface area contributed by atoms with Gasteiger partial charge in [-0.05, 0) is 56.2 Å². The van der Waals surface area contributed by atoms with Crippen LogP contribution in [0.1, 0.15) is 26.6 Å². The van der Waals surface area contributed by atoms with E-state index in [1.54, 1.807) is 50.9 Å². The molecule has 0 saturated heterocycles. The highest BCUT2D eigenvalue weighted by Crippen LogP contribution is 2.26. The van der Waals surface area contributed by atoms with Crippen LogP contribution in [0.15, 0.2) is 47.5 Å². The van der Waals surface area contributed by atoms with E-state index in [0.29, 0.717) is 23.3 Å². The van der Waals surface area contributed by atoms with E-state index in [1.807, 2.05) is 32.9 Å². The van der Waals surface area contributed by atoms with Crippen LogP contribution in [0.3, 0.4) is 0 Å². The SMILES string of the molecule is Cc1cc(C#N)cc(-c2c(O)[n+](Cc3cnc(C)s3)c3c(C)cccn3c2=O)c1. The molecule has 7 heteroatoms. The molecule has 3 heterocycles. The Bertz CT molecular complexity index is 1360. The second-order valence-electron chi connectivity index (χ2n) is 7.02. The minimum Gasteiger partial charge on any atom is -0.477 e. The first-order chi connectivity index (χ1) is 13.9. The fourth-order valence-electron chi connectivity index (χ4n) is 3.60. The van der Waals surface area contributed by atoms with E-state index in [0.717, 1.165) is 21.0 Å². The van der Waals surface area contributed by atoms with Gasteiger partial charge in [-0.25, -0.2) is 9.78 Å².